The van der Waals surface area contributed by atoms with Crippen LogP contribution >= 0.6 is 11.6 Å². The summed E-state index contributed by atoms with van der Waals surface area (Å²) in [4.78, 5) is 6.52. The molecule has 0 saturated carbocycles. The number of halogens is 2. The Morgan fingerprint density at radius 3 is 2.88 bits per heavy atom. The molecule has 1 fully saturated rings. The molecule has 3 aromatic rings. The zero-order valence-electron chi connectivity index (χ0n) is 13.2. The smallest absolute Gasteiger partial charge is 0.231 e. The van der Waals surface area contributed by atoms with Gasteiger partial charge in [0.2, 0.25) is 11.7 Å². The Morgan fingerprint density at radius 1 is 1.24 bits per heavy atom. The fourth-order valence-electron chi connectivity index (χ4n) is 3.08. The number of nitrogens with zero attached hydrogens (tertiary/aromatic N) is 3. The summed E-state index contributed by atoms with van der Waals surface area (Å²) >= 11 is 6.26. The van der Waals surface area contributed by atoms with Gasteiger partial charge in [-0.2, -0.15) is 4.98 Å². The summed E-state index contributed by atoms with van der Waals surface area (Å²) < 4.78 is 19.3. The van der Waals surface area contributed by atoms with Gasteiger partial charge in [0.25, 0.3) is 0 Å². The highest BCUT2D eigenvalue weighted by atomic mass is 35.5. The minimum Gasteiger partial charge on any atom is -0.508 e. The second kappa shape index (κ2) is 6.37. The Morgan fingerprint density at radius 2 is 2.08 bits per heavy atom. The Kier molecular flexibility index (Phi) is 4.05. The number of para-hydroxylation sites is 1. The molecule has 0 radical (unpaired) electrons. The normalized spacial score (nSPS) is 17.2. The van der Waals surface area contributed by atoms with Crippen LogP contribution in [-0.2, 0) is 0 Å². The first kappa shape index (κ1) is 15.9. The number of aromatic nitrogens is 2. The van der Waals surface area contributed by atoms with E-state index in [1.165, 1.54) is 12.1 Å². The molecule has 1 aromatic heterocycles. The summed E-state index contributed by atoms with van der Waals surface area (Å²) in [6, 6.07) is 11.6. The van der Waals surface area contributed by atoms with Crippen LogP contribution in [-0.4, -0.2) is 28.3 Å². The molecule has 1 aliphatic heterocycles. The van der Waals surface area contributed by atoms with Crippen molar-refractivity contribution in [3.8, 4) is 17.1 Å². The van der Waals surface area contributed by atoms with Gasteiger partial charge < -0.3 is 14.5 Å². The Labute approximate surface area is 148 Å². The van der Waals surface area contributed by atoms with Crippen LogP contribution in [0.5, 0.6) is 5.75 Å². The van der Waals surface area contributed by atoms with E-state index in [2.05, 4.69) is 15.0 Å². The van der Waals surface area contributed by atoms with Crippen LogP contribution in [0.1, 0.15) is 18.2 Å². The molecule has 0 spiro atoms. The predicted octanol–water partition coefficient (Wildman–Crippen LogP) is 4.23. The van der Waals surface area contributed by atoms with Crippen molar-refractivity contribution in [2.45, 2.75) is 12.3 Å². The fraction of sp³-hybridized carbons (Fsp3) is 0.222. The third kappa shape index (κ3) is 3.05. The van der Waals surface area contributed by atoms with Crippen molar-refractivity contribution < 1.29 is 14.0 Å². The van der Waals surface area contributed by atoms with Gasteiger partial charge in [0, 0.05) is 19.2 Å². The number of phenols is 1. The van der Waals surface area contributed by atoms with Crippen LogP contribution in [0, 0.1) is 5.82 Å². The molecule has 25 heavy (non-hydrogen) atoms. The number of phenolic OH excluding ortho intramolecular Hbond substituents is 1. The van der Waals surface area contributed by atoms with Gasteiger partial charge in [-0.15, -0.1) is 0 Å². The Balaban J connectivity index is 1.54. The molecule has 4 rings (SSSR count). The van der Waals surface area contributed by atoms with Crippen molar-refractivity contribution in [3.05, 3.63) is 59.2 Å². The molecular formula is C18H15ClFN3O2. The summed E-state index contributed by atoms with van der Waals surface area (Å²) in [7, 11) is 0. The molecule has 1 unspecified atom stereocenters. The lowest BCUT2D eigenvalue weighted by Crippen LogP contribution is -2.19. The van der Waals surface area contributed by atoms with Gasteiger partial charge >= 0.3 is 0 Å². The lowest BCUT2D eigenvalue weighted by atomic mass is 10.1. The summed E-state index contributed by atoms with van der Waals surface area (Å²) in [5, 5.41) is 13.9. The highest BCUT2D eigenvalue weighted by Crippen LogP contribution is 2.34. The number of hydrogen-bond acceptors (Lipinski definition) is 5. The average molecular weight is 360 g/mol. The highest BCUT2D eigenvalue weighted by Gasteiger charge is 2.29. The van der Waals surface area contributed by atoms with Gasteiger partial charge in [0.15, 0.2) is 0 Å². The van der Waals surface area contributed by atoms with Crippen LogP contribution in [0.2, 0.25) is 5.02 Å². The number of hydrogen-bond donors (Lipinski definition) is 1. The van der Waals surface area contributed by atoms with E-state index in [-0.39, 0.29) is 23.1 Å². The zero-order valence-corrected chi connectivity index (χ0v) is 13.9. The largest absolute Gasteiger partial charge is 0.508 e. The van der Waals surface area contributed by atoms with Gasteiger partial charge in [-0.3, -0.25) is 0 Å². The minimum absolute atomic E-state index is 0.0673. The van der Waals surface area contributed by atoms with E-state index in [9.17, 15) is 9.50 Å². The predicted molar refractivity (Wildman–Crippen MR) is 92.4 cm³/mol. The fourth-order valence-corrected chi connectivity index (χ4v) is 3.34. The van der Waals surface area contributed by atoms with Gasteiger partial charge in [0.1, 0.15) is 11.6 Å². The average Bonchev–Trinajstić information content (AvgIpc) is 3.24. The van der Waals surface area contributed by atoms with Crippen molar-refractivity contribution in [2.24, 2.45) is 0 Å². The van der Waals surface area contributed by atoms with E-state index >= 15 is 0 Å². The van der Waals surface area contributed by atoms with E-state index < -0.39 is 5.82 Å². The lowest BCUT2D eigenvalue weighted by molar-refractivity contribution is 0.359. The summed E-state index contributed by atoms with van der Waals surface area (Å²) in [5.41, 5.74) is 1.18. The first-order chi connectivity index (χ1) is 12.1. The number of benzene rings is 2. The molecular weight excluding hydrogens is 345 g/mol. The molecule has 1 saturated heterocycles. The Hall–Kier alpha value is -2.60. The summed E-state index contributed by atoms with van der Waals surface area (Å²) in [6.07, 6.45) is 0.852. The lowest BCUT2D eigenvalue weighted by Gasteiger charge is -2.19. The second-order valence-electron chi connectivity index (χ2n) is 6.00. The molecule has 5 nitrogen and oxygen atoms in total. The van der Waals surface area contributed by atoms with Crippen molar-refractivity contribution in [3.63, 3.8) is 0 Å². The van der Waals surface area contributed by atoms with Gasteiger partial charge in [-0.05, 0) is 30.7 Å². The van der Waals surface area contributed by atoms with Crippen molar-refractivity contribution >= 4 is 17.3 Å². The maximum absolute atomic E-state index is 13.9. The first-order valence-electron chi connectivity index (χ1n) is 7.94. The van der Waals surface area contributed by atoms with Crippen LogP contribution in [0.3, 0.4) is 0 Å². The molecule has 1 N–H and O–H groups in total. The third-order valence-electron chi connectivity index (χ3n) is 4.37. The molecule has 1 atom stereocenters. The molecule has 1 aliphatic rings. The van der Waals surface area contributed by atoms with Crippen LogP contribution < -0.4 is 4.90 Å². The van der Waals surface area contributed by atoms with Crippen LogP contribution in [0.4, 0.5) is 10.1 Å². The van der Waals surface area contributed by atoms with E-state index in [1.807, 2.05) is 24.3 Å². The topological polar surface area (TPSA) is 62.4 Å². The first-order valence-corrected chi connectivity index (χ1v) is 8.31. The van der Waals surface area contributed by atoms with Crippen molar-refractivity contribution in [1.29, 1.82) is 0 Å². The highest BCUT2D eigenvalue weighted by molar-refractivity contribution is 6.33. The van der Waals surface area contributed by atoms with Crippen LogP contribution in [0.25, 0.3) is 11.4 Å². The van der Waals surface area contributed by atoms with Crippen molar-refractivity contribution in [2.75, 3.05) is 18.0 Å². The van der Waals surface area contributed by atoms with Gasteiger partial charge in [0.05, 0.1) is 22.2 Å². The maximum Gasteiger partial charge on any atom is 0.231 e. The maximum atomic E-state index is 13.9. The monoisotopic (exact) mass is 359 g/mol. The summed E-state index contributed by atoms with van der Waals surface area (Å²) in [6.45, 7) is 1.54. The summed E-state index contributed by atoms with van der Waals surface area (Å²) in [5.74, 6) is 0.00558. The standard InChI is InChI=1S/C18H15ClFN3O2/c19-14-3-1-2-4-16(14)23-8-7-11(10-23)18-21-17(22-25-18)13-6-5-12(24)9-15(13)20/h1-6,9,11,24H,7-8,10H2. The molecule has 0 amide bonds. The van der Waals surface area contributed by atoms with E-state index in [0.717, 1.165) is 24.7 Å². The quantitative estimate of drug-likeness (QED) is 0.758. The van der Waals surface area contributed by atoms with E-state index in [0.29, 0.717) is 17.5 Å². The number of aromatic hydroxyl groups is 1. The number of rotatable bonds is 3. The molecule has 2 aromatic carbocycles. The van der Waals surface area contributed by atoms with Crippen molar-refractivity contribution in [1.82, 2.24) is 10.1 Å². The molecule has 128 valence electrons. The van der Waals surface area contributed by atoms with Gasteiger partial charge in [-0.1, -0.05) is 28.9 Å². The molecule has 0 aliphatic carbocycles. The van der Waals surface area contributed by atoms with E-state index in [4.69, 9.17) is 16.1 Å². The molecule has 2 heterocycles. The molecule has 0 bridgehead atoms. The Bertz CT molecular complexity index is 915. The second-order valence-corrected chi connectivity index (χ2v) is 6.41. The SMILES string of the molecule is Oc1ccc(-c2noc(C3CCN(c4ccccc4Cl)C3)n2)c(F)c1. The van der Waals surface area contributed by atoms with Crippen LogP contribution in [0.15, 0.2) is 47.0 Å². The van der Waals surface area contributed by atoms with Gasteiger partial charge in [-0.25, -0.2) is 4.39 Å². The third-order valence-corrected chi connectivity index (χ3v) is 4.69. The molecule has 7 heteroatoms. The minimum atomic E-state index is -0.587. The zero-order chi connectivity index (χ0) is 17.4. The number of anilines is 1. The van der Waals surface area contributed by atoms with E-state index in [1.54, 1.807) is 0 Å².